The molecule has 1 N–H and O–H groups in total. The van der Waals surface area contributed by atoms with Crippen molar-refractivity contribution in [3.63, 3.8) is 0 Å². The first-order chi connectivity index (χ1) is 8.45. The van der Waals surface area contributed by atoms with Crippen LogP contribution < -0.4 is 5.32 Å². The lowest BCUT2D eigenvalue weighted by Crippen LogP contribution is -2.18. The molecule has 0 aromatic carbocycles. The molecular weight excluding hydrogens is 210 g/mol. The number of hydrogen-bond donors (Lipinski definition) is 1. The molecule has 0 radical (unpaired) electrons. The zero-order chi connectivity index (χ0) is 11.2. The highest BCUT2D eigenvalue weighted by Gasteiger charge is 2.54. The van der Waals surface area contributed by atoms with E-state index in [1.54, 1.807) is 0 Å². The Morgan fingerprint density at radius 3 is 2.65 bits per heavy atom. The summed E-state index contributed by atoms with van der Waals surface area (Å²) in [6.07, 6.45) is 11.2. The Bertz CT molecular complexity index is 379. The van der Waals surface area contributed by atoms with Gasteiger partial charge in [0.1, 0.15) is 0 Å². The van der Waals surface area contributed by atoms with E-state index in [9.17, 15) is 0 Å². The van der Waals surface area contributed by atoms with Gasteiger partial charge in [-0.2, -0.15) is 0 Å². The summed E-state index contributed by atoms with van der Waals surface area (Å²) >= 11 is 0. The van der Waals surface area contributed by atoms with Crippen LogP contribution in [0.1, 0.15) is 49.8 Å². The van der Waals surface area contributed by atoms with Gasteiger partial charge in [-0.05, 0) is 24.7 Å². The predicted octanol–water partition coefficient (Wildman–Crippen LogP) is 2.32. The Hall–Kier alpha value is -0.830. The lowest BCUT2D eigenvalue weighted by Gasteiger charge is -2.23. The molecule has 3 heteroatoms. The van der Waals surface area contributed by atoms with Crippen LogP contribution in [0, 0.1) is 11.8 Å². The summed E-state index contributed by atoms with van der Waals surface area (Å²) < 4.78 is 2.52. The number of rotatable bonds is 2. The molecule has 2 heterocycles. The van der Waals surface area contributed by atoms with E-state index in [2.05, 4.69) is 27.4 Å². The number of piperidine rings is 1. The van der Waals surface area contributed by atoms with Crippen LogP contribution in [0.4, 0.5) is 0 Å². The highest BCUT2D eigenvalue weighted by atomic mass is 15.2. The first-order valence-electron chi connectivity index (χ1n) is 7.17. The van der Waals surface area contributed by atoms with E-state index in [0.29, 0.717) is 0 Å². The monoisotopic (exact) mass is 231 g/mol. The van der Waals surface area contributed by atoms with Gasteiger partial charge in [0.2, 0.25) is 0 Å². The summed E-state index contributed by atoms with van der Waals surface area (Å²) in [6, 6.07) is 0.774. The van der Waals surface area contributed by atoms with Gasteiger partial charge in [0, 0.05) is 36.9 Å². The summed E-state index contributed by atoms with van der Waals surface area (Å²) in [6.45, 7) is 2.44. The van der Waals surface area contributed by atoms with E-state index in [1.165, 1.54) is 50.9 Å². The molecule has 2 aliphatic carbocycles. The third kappa shape index (κ3) is 1.55. The predicted molar refractivity (Wildman–Crippen MR) is 66.9 cm³/mol. The maximum Gasteiger partial charge on any atom is 0.0951 e. The molecule has 4 rings (SSSR count). The highest BCUT2D eigenvalue weighted by molar-refractivity contribution is 5.16. The van der Waals surface area contributed by atoms with Crippen LogP contribution in [-0.2, 0) is 0 Å². The van der Waals surface area contributed by atoms with Crippen LogP contribution in [0.15, 0.2) is 12.5 Å². The van der Waals surface area contributed by atoms with E-state index in [0.717, 1.165) is 23.8 Å². The first kappa shape index (κ1) is 10.1. The molecule has 17 heavy (non-hydrogen) atoms. The van der Waals surface area contributed by atoms with Gasteiger partial charge >= 0.3 is 0 Å². The average Bonchev–Trinajstić information content (AvgIpc) is 2.80. The number of fused-ring (bicyclic) bond motifs is 1. The lowest BCUT2D eigenvalue weighted by molar-refractivity contribution is 0.417. The van der Waals surface area contributed by atoms with Gasteiger partial charge in [0.05, 0.1) is 6.33 Å². The van der Waals surface area contributed by atoms with Crippen LogP contribution in [0.25, 0.3) is 0 Å². The largest absolute Gasteiger partial charge is 0.331 e. The zero-order valence-corrected chi connectivity index (χ0v) is 10.3. The van der Waals surface area contributed by atoms with Gasteiger partial charge in [-0.1, -0.05) is 19.3 Å². The van der Waals surface area contributed by atoms with Gasteiger partial charge in [-0.3, -0.25) is 0 Å². The lowest BCUT2D eigenvalue weighted by atomic mass is 9.87. The molecule has 3 nitrogen and oxygen atoms in total. The highest BCUT2D eigenvalue weighted by Crippen LogP contribution is 2.53. The summed E-state index contributed by atoms with van der Waals surface area (Å²) in [5.41, 5.74) is 1.53. The van der Waals surface area contributed by atoms with Crippen molar-refractivity contribution in [2.24, 2.45) is 11.8 Å². The molecule has 0 bridgehead atoms. The van der Waals surface area contributed by atoms with E-state index in [4.69, 9.17) is 0 Å². The van der Waals surface area contributed by atoms with Crippen molar-refractivity contribution < 1.29 is 0 Å². The van der Waals surface area contributed by atoms with Crippen LogP contribution in [-0.4, -0.2) is 22.6 Å². The third-order valence-electron chi connectivity index (χ3n) is 5.09. The molecular formula is C14H21N3. The molecule has 92 valence electrons. The zero-order valence-electron chi connectivity index (χ0n) is 10.3. The summed E-state index contributed by atoms with van der Waals surface area (Å²) in [5.74, 6) is 2.58. The Morgan fingerprint density at radius 2 is 1.88 bits per heavy atom. The van der Waals surface area contributed by atoms with Gasteiger partial charge in [-0.15, -0.1) is 0 Å². The van der Waals surface area contributed by atoms with Crippen molar-refractivity contribution in [1.29, 1.82) is 0 Å². The maximum atomic E-state index is 4.43. The van der Waals surface area contributed by atoms with Crippen molar-refractivity contribution >= 4 is 0 Å². The van der Waals surface area contributed by atoms with Gasteiger partial charge in [0.15, 0.2) is 0 Å². The molecule has 1 aromatic heterocycles. The van der Waals surface area contributed by atoms with Crippen molar-refractivity contribution in [2.75, 3.05) is 13.1 Å². The molecule has 2 saturated carbocycles. The SMILES string of the molecule is c1ncn(C2C3CNCC32)c1C1CCCCC1. The number of aromatic nitrogens is 2. The number of nitrogens with one attached hydrogen (secondary N) is 1. The molecule has 0 amide bonds. The molecule has 3 fully saturated rings. The smallest absolute Gasteiger partial charge is 0.0951 e. The first-order valence-corrected chi connectivity index (χ1v) is 7.17. The third-order valence-corrected chi connectivity index (χ3v) is 5.09. The second kappa shape index (κ2) is 3.84. The standard InChI is InChI=1S/C14H21N3/c1-2-4-10(5-3-1)13-8-16-9-17(13)14-11-6-15-7-12(11)14/h8-12,14-15H,1-7H2. The second-order valence-electron chi connectivity index (χ2n) is 6.04. The fourth-order valence-corrected chi connectivity index (χ4v) is 4.08. The Kier molecular flexibility index (Phi) is 2.29. The topological polar surface area (TPSA) is 29.9 Å². The number of nitrogens with zero attached hydrogens (tertiary/aromatic N) is 2. The molecule has 1 saturated heterocycles. The van der Waals surface area contributed by atoms with Gasteiger partial charge < -0.3 is 9.88 Å². The Labute approximate surface area is 103 Å². The molecule has 2 unspecified atom stereocenters. The van der Waals surface area contributed by atoms with Crippen molar-refractivity contribution in [2.45, 2.75) is 44.1 Å². The Morgan fingerprint density at radius 1 is 1.12 bits per heavy atom. The van der Waals surface area contributed by atoms with Gasteiger partial charge in [0.25, 0.3) is 0 Å². The molecule has 0 spiro atoms. The Balaban J connectivity index is 1.58. The van der Waals surface area contributed by atoms with Crippen LogP contribution in [0.3, 0.4) is 0 Å². The summed E-state index contributed by atoms with van der Waals surface area (Å²) in [7, 11) is 0. The van der Waals surface area contributed by atoms with Crippen LogP contribution in [0.2, 0.25) is 0 Å². The normalized spacial score (nSPS) is 37.1. The van der Waals surface area contributed by atoms with Crippen molar-refractivity contribution in [3.05, 3.63) is 18.2 Å². The fraction of sp³-hybridized carbons (Fsp3) is 0.786. The molecule has 1 aliphatic heterocycles. The minimum Gasteiger partial charge on any atom is -0.331 e. The molecule has 3 aliphatic rings. The average molecular weight is 231 g/mol. The van der Waals surface area contributed by atoms with Crippen molar-refractivity contribution in [1.82, 2.24) is 14.9 Å². The van der Waals surface area contributed by atoms with Crippen LogP contribution in [0.5, 0.6) is 0 Å². The minimum atomic E-state index is 0.774. The minimum absolute atomic E-state index is 0.774. The quantitative estimate of drug-likeness (QED) is 0.846. The van der Waals surface area contributed by atoms with E-state index in [-0.39, 0.29) is 0 Å². The van der Waals surface area contributed by atoms with Gasteiger partial charge in [-0.25, -0.2) is 4.98 Å². The van der Waals surface area contributed by atoms with Crippen molar-refractivity contribution in [3.8, 4) is 0 Å². The summed E-state index contributed by atoms with van der Waals surface area (Å²) in [4.78, 5) is 4.43. The summed E-state index contributed by atoms with van der Waals surface area (Å²) in [5, 5.41) is 3.48. The maximum absolute atomic E-state index is 4.43. The number of hydrogen-bond acceptors (Lipinski definition) is 2. The van der Waals surface area contributed by atoms with Crippen LogP contribution >= 0.6 is 0 Å². The fourth-order valence-electron chi connectivity index (χ4n) is 4.08. The second-order valence-corrected chi connectivity index (χ2v) is 6.04. The van der Waals surface area contributed by atoms with E-state index < -0.39 is 0 Å². The molecule has 1 aromatic rings. The van der Waals surface area contributed by atoms with E-state index >= 15 is 0 Å². The number of imidazole rings is 1. The molecule has 2 atom stereocenters. The van der Waals surface area contributed by atoms with E-state index in [1.807, 2.05) is 0 Å².